The van der Waals surface area contributed by atoms with E-state index in [0.29, 0.717) is 0 Å². The number of aldehydes is 1. The van der Waals surface area contributed by atoms with E-state index in [-0.39, 0.29) is 16.6 Å². The first-order valence-corrected chi connectivity index (χ1v) is 10.2. The van der Waals surface area contributed by atoms with Crippen molar-refractivity contribution in [3.63, 3.8) is 0 Å². The highest BCUT2D eigenvalue weighted by atomic mass is 28.4. The van der Waals surface area contributed by atoms with Crippen LogP contribution in [0.25, 0.3) is 0 Å². The van der Waals surface area contributed by atoms with Gasteiger partial charge in [-0.25, -0.2) is 0 Å². The van der Waals surface area contributed by atoms with E-state index in [1.165, 1.54) is 0 Å². The van der Waals surface area contributed by atoms with Crippen molar-refractivity contribution in [3.05, 3.63) is 11.1 Å². The molecule has 0 N–H and O–H groups in total. The van der Waals surface area contributed by atoms with Gasteiger partial charge in [-0.1, -0.05) is 34.6 Å². The zero-order chi connectivity index (χ0) is 15.1. The summed E-state index contributed by atoms with van der Waals surface area (Å²) in [6.07, 6.45) is 3.23. The van der Waals surface area contributed by atoms with Gasteiger partial charge in [0.2, 0.25) is 0 Å². The highest BCUT2D eigenvalue weighted by Gasteiger charge is 2.42. The lowest BCUT2D eigenvalue weighted by Crippen LogP contribution is -2.45. The molecule has 0 radical (unpaired) electrons. The summed E-state index contributed by atoms with van der Waals surface area (Å²) in [5.41, 5.74) is 2.09. The lowest BCUT2D eigenvalue weighted by atomic mass is 9.72. The number of hydrogen-bond acceptors (Lipinski definition) is 2. The second-order valence-corrected chi connectivity index (χ2v) is 12.8. The molecule has 3 heteroatoms. The first-order chi connectivity index (χ1) is 8.42. The number of rotatable bonds is 3. The largest absolute Gasteiger partial charge is 0.410 e. The zero-order valence-corrected chi connectivity index (χ0v) is 14.9. The highest BCUT2D eigenvalue weighted by molar-refractivity contribution is 6.74. The zero-order valence-electron chi connectivity index (χ0n) is 13.9. The summed E-state index contributed by atoms with van der Waals surface area (Å²) < 4.78 is 6.50. The summed E-state index contributed by atoms with van der Waals surface area (Å²) in [5, 5.41) is 0.210. The molecule has 0 aromatic heterocycles. The number of hydrogen-bond donors (Lipinski definition) is 0. The van der Waals surface area contributed by atoms with E-state index in [2.05, 4.69) is 54.6 Å². The number of carbonyl (C=O) groups excluding carboxylic acids is 1. The third-order valence-electron chi connectivity index (χ3n) is 5.03. The fourth-order valence-corrected chi connectivity index (χ4v) is 3.84. The molecule has 0 fully saturated rings. The molecular weight excluding hydrogens is 252 g/mol. The molecule has 0 aromatic rings. The third kappa shape index (κ3) is 3.37. The van der Waals surface area contributed by atoms with Crippen LogP contribution in [0.5, 0.6) is 0 Å². The first-order valence-electron chi connectivity index (χ1n) is 7.26. The predicted molar refractivity (Wildman–Crippen MR) is 83.8 cm³/mol. The van der Waals surface area contributed by atoms with Crippen molar-refractivity contribution in [3.8, 4) is 0 Å². The van der Waals surface area contributed by atoms with Crippen molar-refractivity contribution in [1.29, 1.82) is 0 Å². The Bertz CT molecular complexity index is 386. The van der Waals surface area contributed by atoms with Gasteiger partial charge in [0.05, 0.1) is 6.10 Å². The third-order valence-corrected chi connectivity index (χ3v) is 9.52. The van der Waals surface area contributed by atoms with E-state index in [1.807, 2.05) is 0 Å². The molecule has 2 nitrogen and oxygen atoms in total. The molecule has 1 aliphatic carbocycles. The Hall–Kier alpha value is -0.413. The van der Waals surface area contributed by atoms with Crippen LogP contribution < -0.4 is 0 Å². The fourth-order valence-electron chi connectivity index (χ4n) is 2.48. The van der Waals surface area contributed by atoms with Gasteiger partial charge < -0.3 is 4.43 Å². The fraction of sp³-hybridized carbons (Fsp3) is 0.812. The lowest BCUT2D eigenvalue weighted by Gasteiger charge is -2.43. The first kappa shape index (κ1) is 16.6. The highest BCUT2D eigenvalue weighted by Crippen LogP contribution is 2.44. The van der Waals surface area contributed by atoms with Crippen molar-refractivity contribution in [2.45, 2.75) is 78.6 Å². The van der Waals surface area contributed by atoms with Crippen LogP contribution in [-0.2, 0) is 9.22 Å². The predicted octanol–water partition coefficient (Wildman–Crippen LogP) is 4.71. The van der Waals surface area contributed by atoms with Gasteiger partial charge in [0.15, 0.2) is 8.32 Å². The van der Waals surface area contributed by atoms with Gasteiger partial charge >= 0.3 is 0 Å². The molecule has 19 heavy (non-hydrogen) atoms. The van der Waals surface area contributed by atoms with Crippen molar-refractivity contribution in [2.75, 3.05) is 0 Å². The summed E-state index contributed by atoms with van der Waals surface area (Å²) >= 11 is 0. The quantitative estimate of drug-likeness (QED) is 0.553. The molecule has 0 aliphatic heterocycles. The molecular formula is C16H30O2Si. The van der Waals surface area contributed by atoms with Gasteiger partial charge in [-0.3, -0.25) is 4.79 Å². The van der Waals surface area contributed by atoms with E-state index in [1.54, 1.807) is 0 Å². The summed E-state index contributed by atoms with van der Waals surface area (Å²) in [4.78, 5) is 11.4. The van der Waals surface area contributed by atoms with Crippen LogP contribution in [0.3, 0.4) is 0 Å². The van der Waals surface area contributed by atoms with Crippen LogP contribution in [0.2, 0.25) is 18.1 Å². The van der Waals surface area contributed by atoms with E-state index in [9.17, 15) is 4.79 Å². The van der Waals surface area contributed by atoms with Crippen LogP contribution in [0.15, 0.2) is 11.1 Å². The molecule has 110 valence electrons. The molecule has 1 atom stereocenters. The van der Waals surface area contributed by atoms with Gasteiger partial charge in [-0.05, 0) is 54.5 Å². The van der Waals surface area contributed by atoms with Crippen LogP contribution in [0.4, 0.5) is 0 Å². The molecule has 1 aliphatic rings. The minimum absolute atomic E-state index is 0.000869. The monoisotopic (exact) mass is 282 g/mol. The number of carbonyl (C=O) groups is 1. The molecule has 0 saturated carbocycles. The maximum Gasteiger partial charge on any atom is 0.192 e. The van der Waals surface area contributed by atoms with E-state index < -0.39 is 8.32 Å². The molecule has 1 rings (SSSR count). The Labute approximate surface area is 119 Å². The van der Waals surface area contributed by atoms with Crippen LogP contribution in [0, 0.1) is 5.41 Å². The molecule has 1 unspecified atom stereocenters. The Morgan fingerprint density at radius 1 is 1.32 bits per heavy atom. The van der Waals surface area contributed by atoms with E-state index in [4.69, 9.17) is 4.43 Å². The Kier molecular flexibility index (Phi) is 4.53. The molecule has 0 saturated heterocycles. The molecule has 0 heterocycles. The van der Waals surface area contributed by atoms with E-state index in [0.717, 1.165) is 30.3 Å². The minimum Gasteiger partial charge on any atom is -0.410 e. The molecule has 0 aromatic carbocycles. The summed E-state index contributed by atoms with van der Waals surface area (Å²) in [7, 11) is -1.77. The van der Waals surface area contributed by atoms with Gasteiger partial charge in [-0.15, -0.1) is 0 Å². The second-order valence-electron chi connectivity index (χ2n) is 8.00. The van der Waals surface area contributed by atoms with Crippen molar-refractivity contribution >= 4 is 14.6 Å². The topological polar surface area (TPSA) is 26.3 Å². The number of allylic oxidation sites excluding steroid dienone is 1. The Balaban J connectivity index is 3.03. The molecule has 0 amide bonds. The van der Waals surface area contributed by atoms with Gasteiger partial charge in [0, 0.05) is 0 Å². The van der Waals surface area contributed by atoms with Crippen molar-refractivity contribution < 1.29 is 9.22 Å². The average molecular weight is 282 g/mol. The Morgan fingerprint density at radius 2 is 1.84 bits per heavy atom. The van der Waals surface area contributed by atoms with Crippen LogP contribution in [-0.4, -0.2) is 20.7 Å². The van der Waals surface area contributed by atoms with Crippen molar-refractivity contribution in [2.24, 2.45) is 5.41 Å². The van der Waals surface area contributed by atoms with Gasteiger partial charge in [0.1, 0.15) is 6.29 Å². The average Bonchev–Trinajstić information content (AvgIpc) is 2.21. The van der Waals surface area contributed by atoms with E-state index >= 15 is 0 Å². The standard InChI is InChI=1S/C16H30O2Si/c1-12-13(11-17)16(5,6)10-9-14(12)18-19(7,8)15(2,3)4/h11,14H,9-10H2,1-8H3. The minimum atomic E-state index is -1.77. The van der Waals surface area contributed by atoms with Crippen molar-refractivity contribution in [1.82, 2.24) is 0 Å². The summed E-state index contributed by atoms with van der Waals surface area (Å²) in [6, 6.07) is 0. The van der Waals surface area contributed by atoms with Crippen LogP contribution in [0.1, 0.15) is 54.4 Å². The SMILES string of the molecule is CC1=C(C=O)C(C)(C)CCC1O[Si](C)(C)C(C)(C)C. The second kappa shape index (κ2) is 5.17. The molecule has 0 spiro atoms. The summed E-state index contributed by atoms with van der Waals surface area (Å²) in [5.74, 6) is 0. The lowest BCUT2D eigenvalue weighted by molar-refractivity contribution is -0.106. The van der Waals surface area contributed by atoms with Crippen LogP contribution >= 0.6 is 0 Å². The normalized spacial score (nSPS) is 24.5. The van der Waals surface area contributed by atoms with Gasteiger partial charge in [-0.2, -0.15) is 0 Å². The van der Waals surface area contributed by atoms with Gasteiger partial charge in [0.25, 0.3) is 0 Å². The summed E-state index contributed by atoms with van der Waals surface area (Å²) in [6.45, 7) is 17.7. The maximum atomic E-state index is 11.4. The Morgan fingerprint density at radius 3 is 2.26 bits per heavy atom. The smallest absolute Gasteiger partial charge is 0.192 e. The maximum absolute atomic E-state index is 11.4. The molecule has 0 bridgehead atoms.